The lowest BCUT2D eigenvalue weighted by Gasteiger charge is -2.11. The van der Waals surface area contributed by atoms with Crippen molar-refractivity contribution in [3.05, 3.63) is 87.6 Å². The summed E-state index contributed by atoms with van der Waals surface area (Å²) in [5.41, 5.74) is 3.65. The van der Waals surface area contributed by atoms with E-state index in [-0.39, 0.29) is 17.5 Å². The smallest absolute Gasteiger partial charge is 0.137 e. The van der Waals surface area contributed by atoms with Gasteiger partial charge in [0.25, 0.3) is 0 Å². The molecule has 0 aromatic heterocycles. The number of aromatic hydroxyl groups is 2. The maximum absolute atomic E-state index is 10.4. The lowest BCUT2D eigenvalue weighted by atomic mass is 10.1. The molecule has 0 spiro atoms. The van der Waals surface area contributed by atoms with Crippen LogP contribution in [0, 0.1) is 17.6 Å². The van der Waals surface area contributed by atoms with Gasteiger partial charge in [-0.1, -0.05) is 30.3 Å². The van der Waals surface area contributed by atoms with Gasteiger partial charge >= 0.3 is 0 Å². The van der Waals surface area contributed by atoms with E-state index in [0.29, 0.717) is 17.7 Å². The Labute approximate surface area is 223 Å². The van der Waals surface area contributed by atoms with Crippen LogP contribution >= 0.6 is 67.8 Å². The van der Waals surface area contributed by atoms with E-state index in [1.54, 1.807) is 12.4 Å². The Bertz CT molecular complexity index is 1120. The van der Waals surface area contributed by atoms with Crippen LogP contribution in [0.15, 0.2) is 64.6 Å². The van der Waals surface area contributed by atoms with E-state index >= 15 is 0 Å². The fraction of sp³-hybridized carbons (Fsp3) is 0.167. The van der Waals surface area contributed by atoms with E-state index in [1.165, 1.54) is 5.56 Å². The summed E-state index contributed by atoms with van der Waals surface area (Å²) in [6, 6.07) is 17.8. The standard InChI is InChI=1S/C24H21I3N2O2/c1-15-7-17(23(30)21(26)8-15)12-28-14-20(9-16-5-3-2-4-6-16)29-13-18-10-19(25)11-22(27)24(18)31/h2-8,10-13,20,30-31H,9,14H2,1H3. The van der Waals surface area contributed by atoms with Gasteiger partial charge in [-0.2, -0.15) is 0 Å². The van der Waals surface area contributed by atoms with Gasteiger partial charge in [-0.15, -0.1) is 0 Å². The Morgan fingerprint density at radius 1 is 0.871 bits per heavy atom. The summed E-state index contributed by atoms with van der Waals surface area (Å²) >= 11 is 6.48. The second-order valence-electron chi connectivity index (χ2n) is 7.13. The topological polar surface area (TPSA) is 65.2 Å². The molecule has 0 bridgehead atoms. The van der Waals surface area contributed by atoms with Gasteiger partial charge in [0.2, 0.25) is 0 Å². The molecular formula is C24H21I3N2O2. The summed E-state index contributed by atoms with van der Waals surface area (Å²) in [7, 11) is 0. The van der Waals surface area contributed by atoms with E-state index < -0.39 is 0 Å². The zero-order chi connectivity index (χ0) is 22.4. The zero-order valence-electron chi connectivity index (χ0n) is 16.8. The normalized spacial score (nSPS) is 12.6. The fourth-order valence-corrected chi connectivity index (χ4v) is 5.75. The summed E-state index contributed by atoms with van der Waals surface area (Å²) in [6.07, 6.45) is 4.17. The predicted octanol–water partition coefficient (Wildman–Crippen LogP) is 6.37. The number of rotatable bonds is 7. The lowest BCUT2D eigenvalue weighted by molar-refractivity contribution is 0.470. The zero-order valence-corrected chi connectivity index (χ0v) is 23.2. The summed E-state index contributed by atoms with van der Waals surface area (Å²) in [5, 5.41) is 20.7. The van der Waals surface area contributed by atoms with Crippen molar-refractivity contribution in [1.29, 1.82) is 0 Å². The van der Waals surface area contributed by atoms with Gasteiger partial charge in [0.05, 0.1) is 19.7 Å². The number of aliphatic imine (C=N–C) groups is 2. The van der Waals surface area contributed by atoms with Crippen LogP contribution in [0.25, 0.3) is 0 Å². The summed E-state index contributed by atoms with van der Waals surface area (Å²) in [4.78, 5) is 9.34. The minimum atomic E-state index is -0.0976. The molecule has 0 aliphatic heterocycles. The molecule has 7 heteroatoms. The van der Waals surface area contributed by atoms with Crippen LogP contribution in [0.3, 0.4) is 0 Å². The van der Waals surface area contributed by atoms with Crippen LogP contribution in [-0.4, -0.2) is 35.2 Å². The van der Waals surface area contributed by atoms with Crippen molar-refractivity contribution < 1.29 is 10.2 Å². The number of halogens is 3. The van der Waals surface area contributed by atoms with Crippen molar-refractivity contribution in [2.45, 2.75) is 19.4 Å². The van der Waals surface area contributed by atoms with Crippen LogP contribution in [0.2, 0.25) is 0 Å². The van der Waals surface area contributed by atoms with Crippen LogP contribution in [0.5, 0.6) is 11.5 Å². The van der Waals surface area contributed by atoms with E-state index in [4.69, 9.17) is 4.99 Å². The first-order chi connectivity index (χ1) is 14.8. The maximum atomic E-state index is 10.4. The number of nitrogens with zero attached hydrogens (tertiary/aromatic N) is 2. The molecule has 1 atom stereocenters. The molecule has 0 heterocycles. The van der Waals surface area contributed by atoms with Gasteiger partial charge in [-0.05, 0) is 117 Å². The average Bonchev–Trinajstić information content (AvgIpc) is 2.73. The Morgan fingerprint density at radius 2 is 1.52 bits per heavy atom. The molecule has 31 heavy (non-hydrogen) atoms. The summed E-state index contributed by atoms with van der Waals surface area (Å²) < 4.78 is 2.65. The first-order valence-electron chi connectivity index (χ1n) is 9.57. The highest BCUT2D eigenvalue weighted by Crippen LogP contribution is 2.26. The molecule has 0 aliphatic carbocycles. The first kappa shape index (κ1) is 24.4. The van der Waals surface area contributed by atoms with Crippen LogP contribution in [0.4, 0.5) is 0 Å². The number of hydrogen-bond donors (Lipinski definition) is 2. The Hall–Kier alpha value is -1.21. The second-order valence-corrected chi connectivity index (χ2v) is 10.7. The van der Waals surface area contributed by atoms with Gasteiger partial charge in [-0.25, -0.2) is 0 Å². The Morgan fingerprint density at radius 3 is 2.23 bits per heavy atom. The number of hydrogen-bond acceptors (Lipinski definition) is 4. The highest BCUT2D eigenvalue weighted by Gasteiger charge is 2.10. The molecular weight excluding hydrogens is 729 g/mol. The minimum absolute atomic E-state index is 0.0976. The van der Waals surface area contributed by atoms with Crippen molar-refractivity contribution in [1.82, 2.24) is 0 Å². The molecule has 0 amide bonds. The van der Waals surface area contributed by atoms with Gasteiger partial charge in [-0.3, -0.25) is 9.98 Å². The summed E-state index contributed by atoms with van der Waals surface area (Å²) in [5.74, 6) is 0.488. The van der Waals surface area contributed by atoms with Crippen molar-refractivity contribution in [2.75, 3.05) is 6.54 Å². The van der Waals surface area contributed by atoms with Gasteiger partial charge in [0.1, 0.15) is 11.5 Å². The maximum Gasteiger partial charge on any atom is 0.137 e. The molecule has 1 unspecified atom stereocenters. The number of phenolic OH excluding ortho intramolecular Hbond substituents is 2. The lowest BCUT2D eigenvalue weighted by Crippen LogP contribution is -2.13. The molecule has 0 radical (unpaired) electrons. The molecule has 0 saturated carbocycles. The van der Waals surface area contributed by atoms with Crippen molar-refractivity contribution >= 4 is 80.2 Å². The van der Waals surface area contributed by atoms with Crippen LogP contribution in [-0.2, 0) is 6.42 Å². The quantitative estimate of drug-likeness (QED) is 0.218. The molecule has 0 saturated heterocycles. The molecule has 3 aromatic rings. The van der Waals surface area contributed by atoms with E-state index in [1.807, 2.05) is 49.4 Å². The van der Waals surface area contributed by atoms with Gasteiger partial charge in [0, 0.05) is 27.1 Å². The van der Waals surface area contributed by atoms with E-state index in [0.717, 1.165) is 22.7 Å². The monoisotopic (exact) mass is 750 g/mol. The average molecular weight is 750 g/mol. The van der Waals surface area contributed by atoms with Crippen LogP contribution < -0.4 is 0 Å². The Balaban J connectivity index is 1.83. The third-order valence-corrected chi connectivity index (χ3v) is 6.85. The van der Waals surface area contributed by atoms with Crippen molar-refractivity contribution in [3.63, 3.8) is 0 Å². The number of phenols is 2. The molecule has 0 aliphatic rings. The third kappa shape index (κ3) is 7.14. The highest BCUT2D eigenvalue weighted by molar-refractivity contribution is 14.1. The van der Waals surface area contributed by atoms with Crippen molar-refractivity contribution in [3.8, 4) is 11.5 Å². The first-order valence-corrected chi connectivity index (χ1v) is 12.8. The Kier molecular flexibility index (Phi) is 9.14. The van der Waals surface area contributed by atoms with E-state index in [9.17, 15) is 10.2 Å². The third-order valence-electron chi connectivity index (χ3n) is 4.58. The fourth-order valence-electron chi connectivity index (χ4n) is 3.05. The molecule has 4 nitrogen and oxygen atoms in total. The highest BCUT2D eigenvalue weighted by atomic mass is 127. The van der Waals surface area contributed by atoms with Crippen LogP contribution in [0.1, 0.15) is 22.3 Å². The largest absolute Gasteiger partial charge is 0.506 e. The number of benzene rings is 3. The van der Waals surface area contributed by atoms with E-state index in [2.05, 4.69) is 84.9 Å². The molecule has 3 aromatic carbocycles. The van der Waals surface area contributed by atoms with Gasteiger partial charge < -0.3 is 10.2 Å². The minimum Gasteiger partial charge on any atom is -0.506 e. The second kappa shape index (κ2) is 11.6. The molecule has 0 fully saturated rings. The number of aryl methyl sites for hydroxylation is 1. The van der Waals surface area contributed by atoms with Crippen molar-refractivity contribution in [2.24, 2.45) is 9.98 Å². The SMILES string of the molecule is Cc1cc(I)c(O)c(C=NCC(Cc2ccccc2)N=Cc2cc(I)cc(I)c2O)c1. The molecule has 3 rings (SSSR count). The summed E-state index contributed by atoms with van der Waals surface area (Å²) in [6.45, 7) is 2.47. The molecule has 160 valence electrons. The van der Waals surface area contributed by atoms with Gasteiger partial charge in [0.15, 0.2) is 0 Å². The molecule has 2 N–H and O–H groups in total. The predicted molar refractivity (Wildman–Crippen MR) is 153 cm³/mol.